The highest BCUT2D eigenvalue weighted by Gasteiger charge is 2.47. The summed E-state index contributed by atoms with van der Waals surface area (Å²) in [6.45, 7) is 0.885. The molecular formula is C8H11F5N2O2. The quantitative estimate of drug-likeness (QED) is 0.762. The van der Waals surface area contributed by atoms with Crippen LogP contribution in [0.3, 0.4) is 0 Å². The number of likely N-dealkylation sites (tertiary alicyclic amines) is 1. The average molecular weight is 262 g/mol. The van der Waals surface area contributed by atoms with E-state index < -0.39 is 36.9 Å². The molecule has 0 aromatic rings. The molecule has 1 amide bonds. The van der Waals surface area contributed by atoms with E-state index in [1.807, 2.05) is 0 Å². The lowest BCUT2D eigenvalue weighted by atomic mass is 10.00. The lowest BCUT2D eigenvalue weighted by Crippen LogP contribution is -2.66. The van der Waals surface area contributed by atoms with Crippen LogP contribution in [0.1, 0.15) is 6.92 Å². The third-order valence-electron chi connectivity index (χ3n) is 2.53. The molecule has 0 radical (unpaired) electrons. The standard InChI is InChI=1S/C8H11F5N2O2/c1-3-4(17-8(11,12)13)2-15(3)7(16)5(14)6(9)10/h3-6H,2,14H2,1H3/t3-,4-,5?/m0/s1. The molecule has 1 saturated heterocycles. The molecular weight excluding hydrogens is 251 g/mol. The number of hydrogen-bond acceptors (Lipinski definition) is 3. The molecule has 9 heteroatoms. The summed E-state index contributed by atoms with van der Waals surface area (Å²) in [4.78, 5) is 12.1. The van der Waals surface area contributed by atoms with E-state index in [1.54, 1.807) is 0 Å². The highest BCUT2D eigenvalue weighted by molar-refractivity contribution is 5.83. The second-order valence-electron chi connectivity index (χ2n) is 3.69. The molecule has 1 aliphatic rings. The summed E-state index contributed by atoms with van der Waals surface area (Å²) in [5.74, 6) is -1.07. The summed E-state index contributed by atoms with van der Waals surface area (Å²) < 4.78 is 63.4. The molecule has 3 atom stereocenters. The zero-order valence-corrected chi connectivity index (χ0v) is 8.75. The van der Waals surface area contributed by atoms with E-state index >= 15 is 0 Å². The number of carbonyl (C=O) groups excluding carboxylic acids is 1. The SMILES string of the molecule is C[C@H]1[C@@H](OC(F)(F)F)CN1C(=O)C(N)C(F)F. The summed E-state index contributed by atoms with van der Waals surface area (Å²) in [5, 5.41) is 0. The lowest BCUT2D eigenvalue weighted by molar-refractivity contribution is -0.359. The van der Waals surface area contributed by atoms with Crippen LogP contribution in [-0.4, -0.2) is 48.3 Å². The van der Waals surface area contributed by atoms with E-state index in [4.69, 9.17) is 5.73 Å². The second-order valence-corrected chi connectivity index (χ2v) is 3.69. The van der Waals surface area contributed by atoms with E-state index in [9.17, 15) is 26.7 Å². The minimum absolute atomic E-state index is 0.389. The Labute approximate surface area is 93.5 Å². The number of ether oxygens (including phenoxy) is 1. The molecule has 1 unspecified atom stereocenters. The highest BCUT2D eigenvalue weighted by Crippen LogP contribution is 2.29. The molecule has 4 nitrogen and oxygen atoms in total. The number of rotatable bonds is 3. The number of hydrogen-bond donors (Lipinski definition) is 1. The molecule has 0 bridgehead atoms. The zero-order chi connectivity index (χ0) is 13.4. The first-order valence-electron chi connectivity index (χ1n) is 4.72. The van der Waals surface area contributed by atoms with Crippen molar-refractivity contribution < 1.29 is 31.5 Å². The Morgan fingerprint density at radius 3 is 2.35 bits per heavy atom. The normalized spacial score (nSPS) is 26.9. The van der Waals surface area contributed by atoms with Crippen molar-refractivity contribution in [1.29, 1.82) is 0 Å². The lowest BCUT2D eigenvalue weighted by Gasteiger charge is -2.46. The van der Waals surface area contributed by atoms with E-state index in [2.05, 4.69) is 4.74 Å². The van der Waals surface area contributed by atoms with Gasteiger partial charge in [0.25, 0.3) is 6.43 Å². The fourth-order valence-corrected chi connectivity index (χ4v) is 1.47. The Balaban J connectivity index is 2.50. The van der Waals surface area contributed by atoms with Gasteiger partial charge in [-0.25, -0.2) is 8.78 Å². The predicted molar refractivity (Wildman–Crippen MR) is 46.1 cm³/mol. The maximum absolute atomic E-state index is 12.1. The van der Waals surface area contributed by atoms with E-state index in [1.165, 1.54) is 6.92 Å². The molecule has 0 saturated carbocycles. The summed E-state index contributed by atoms with van der Waals surface area (Å²) in [6.07, 6.45) is -9.08. The Morgan fingerprint density at radius 1 is 1.47 bits per heavy atom. The smallest absolute Gasteiger partial charge is 0.333 e. The third kappa shape index (κ3) is 3.25. The maximum Gasteiger partial charge on any atom is 0.522 e. The average Bonchev–Trinajstić information content (AvgIpc) is 2.19. The van der Waals surface area contributed by atoms with Crippen LogP contribution in [0.5, 0.6) is 0 Å². The highest BCUT2D eigenvalue weighted by atomic mass is 19.4. The number of halogens is 5. The minimum atomic E-state index is -4.81. The van der Waals surface area contributed by atoms with Gasteiger partial charge in [0.15, 0.2) is 0 Å². The molecule has 100 valence electrons. The van der Waals surface area contributed by atoms with Crippen molar-refractivity contribution in [3.8, 4) is 0 Å². The first kappa shape index (κ1) is 14.1. The molecule has 17 heavy (non-hydrogen) atoms. The molecule has 0 aromatic heterocycles. The van der Waals surface area contributed by atoms with Gasteiger partial charge in [0.1, 0.15) is 12.1 Å². The van der Waals surface area contributed by atoms with Gasteiger partial charge < -0.3 is 10.6 Å². The Morgan fingerprint density at radius 2 is 2.00 bits per heavy atom. The fourth-order valence-electron chi connectivity index (χ4n) is 1.47. The van der Waals surface area contributed by atoms with E-state index in [0.29, 0.717) is 0 Å². The van der Waals surface area contributed by atoms with Gasteiger partial charge in [-0.15, -0.1) is 13.2 Å². The minimum Gasteiger partial charge on any atom is -0.333 e. The van der Waals surface area contributed by atoms with Crippen molar-refractivity contribution in [2.24, 2.45) is 5.73 Å². The molecule has 2 N–H and O–H groups in total. The molecule has 0 spiro atoms. The van der Waals surface area contributed by atoms with Gasteiger partial charge >= 0.3 is 6.36 Å². The van der Waals surface area contributed by atoms with Gasteiger partial charge in [-0.3, -0.25) is 9.53 Å². The maximum atomic E-state index is 12.1. The van der Waals surface area contributed by atoms with Gasteiger partial charge in [-0.1, -0.05) is 0 Å². The molecule has 1 aliphatic heterocycles. The monoisotopic (exact) mass is 262 g/mol. The van der Waals surface area contributed by atoms with Crippen molar-refractivity contribution in [2.45, 2.75) is 37.9 Å². The van der Waals surface area contributed by atoms with Crippen LogP contribution < -0.4 is 5.73 Å². The number of alkyl halides is 5. The van der Waals surface area contributed by atoms with Crippen LogP contribution in [0.2, 0.25) is 0 Å². The van der Waals surface area contributed by atoms with Crippen LogP contribution in [0.4, 0.5) is 22.0 Å². The van der Waals surface area contributed by atoms with Crippen molar-refractivity contribution in [3.05, 3.63) is 0 Å². The number of carbonyl (C=O) groups is 1. The second kappa shape index (κ2) is 4.73. The van der Waals surface area contributed by atoms with Crippen LogP contribution in [0, 0.1) is 0 Å². The van der Waals surface area contributed by atoms with Gasteiger partial charge in [0, 0.05) is 6.54 Å². The summed E-state index contributed by atoms with van der Waals surface area (Å²) in [6, 6.07) is -2.93. The Hall–Kier alpha value is -0.960. The topological polar surface area (TPSA) is 55.6 Å². The van der Waals surface area contributed by atoms with Crippen LogP contribution >= 0.6 is 0 Å². The van der Waals surface area contributed by atoms with Crippen molar-refractivity contribution in [1.82, 2.24) is 4.90 Å². The van der Waals surface area contributed by atoms with Gasteiger partial charge in [0.2, 0.25) is 5.91 Å². The van der Waals surface area contributed by atoms with Crippen molar-refractivity contribution in [3.63, 3.8) is 0 Å². The molecule has 0 aliphatic carbocycles. The van der Waals surface area contributed by atoms with Crippen molar-refractivity contribution >= 4 is 5.91 Å². The summed E-state index contributed by atoms with van der Waals surface area (Å²) in [7, 11) is 0. The fraction of sp³-hybridized carbons (Fsp3) is 0.875. The van der Waals surface area contributed by atoms with Crippen molar-refractivity contribution in [2.75, 3.05) is 6.54 Å². The van der Waals surface area contributed by atoms with Gasteiger partial charge in [-0.2, -0.15) is 0 Å². The van der Waals surface area contributed by atoms with Crippen LogP contribution in [0.25, 0.3) is 0 Å². The first-order chi connectivity index (χ1) is 7.63. The van der Waals surface area contributed by atoms with Crippen LogP contribution in [0.15, 0.2) is 0 Å². The van der Waals surface area contributed by atoms with Gasteiger partial charge in [0.05, 0.1) is 6.04 Å². The largest absolute Gasteiger partial charge is 0.522 e. The predicted octanol–water partition coefficient (Wildman–Crippen LogP) is 0.715. The molecule has 0 aromatic carbocycles. The summed E-state index contributed by atoms with van der Waals surface area (Å²) in [5.41, 5.74) is 4.90. The Bertz CT molecular complexity index is 296. The zero-order valence-electron chi connectivity index (χ0n) is 8.75. The summed E-state index contributed by atoms with van der Waals surface area (Å²) >= 11 is 0. The number of amides is 1. The third-order valence-corrected chi connectivity index (χ3v) is 2.53. The number of nitrogens with zero attached hydrogens (tertiary/aromatic N) is 1. The first-order valence-corrected chi connectivity index (χ1v) is 4.72. The molecule has 1 rings (SSSR count). The molecule has 1 fully saturated rings. The van der Waals surface area contributed by atoms with Crippen LogP contribution in [-0.2, 0) is 9.53 Å². The molecule has 1 heterocycles. The Kier molecular flexibility index (Phi) is 3.92. The van der Waals surface area contributed by atoms with E-state index in [0.717, 1.165) is 4.90 Å². The van der Waals surface area contributed by atoms with E-state index in [-0.39, 0.29) is 6.54 Å². The number of nitrogens with two attached hydrogens (primary N) is 1. The van der Waals surface area contributed by atoms with Gasteiger partial charge in [-0.05, 0) is 6.92 Å².